The zero-order chi connectivity index (χ0) is 26.4. The van der Waals surface area contributed by atoms with Crippen LogP contribution in [0, 0.1) is 0 Å². The van der Waals surface area contributed by atoms with Gasteiger partial charge in [0.15, 0.2) is 6.54 Å². The Morgan fingerprint density at radius 1 is 1.00 bits per heavy atom. The van der Waals surface area contributed by atoms with Crippen LogP contribution in [0.1, 0.15) is 17.2 Å². The Kier molecular flexibility index (Phi) is 12.9. The van der Waals surface area contributed by atoms with E-state index in [1.165, 1.54) is 0 Å². The maximum atomic E-state index is 12.6. The van der Waals surface area contributed by atoms with Crippen molar-refractivity contribution in [2.75, 3.05) is 12.4 Å². The van der Waals surface area contributed by atoms with Crippen molar-refractivity contribution in [3.63, 3.8) is 0 Å². The van der Waals surface area contributed by atoms with Gasteiger partial charge in [0.25, 0.3) is 5.91 Å². The van der Waals surface area contributed by atoms with Crippen LogP contribution in [0.2, 0.25) is 20.1 Å². The molecular formula is C27H26Cl5N3O4. The first kappa shape index (κ1) is 32.7. The molecule has 1 atom stereocenters. The van der Waals surface area contributed by atoms with Crippen LogP contribution in [-0.4, -0.2) is 23.1 Å². The predicted molar refractivity (Wildman–Crippen MR) is 150 cm³/mol. The molecule has 1 heterocycles. The van der Waals surface area contributed by atoms with Gasteiger partial charge in [-0.1, -0.05) is 64.6 Å². The summed E-state index contributed by atoms with van der Waals surface area (Å²) in [6.45, 7) is 0.832. The maximum absolute atomic E-state index is 12.6. The van der Waals surface area contributed by atoms with Crippen LogP contribution < -0.4 is 27.0 Å². The minimum atomic E-state index is -0.414. The highest BCUT2D eigenvalue weighted by atomic mass is 35.5. The normalized spacial score (nSPS) is 11.2. The number of amides is 1. The van der Waals surface area contributed by atoms with E-state index < -0.39 is 6.10 Å². The van der Waals surface area contributed by atoms with Crippen LogP contribution in [0.4, 0.5) is 5.69 Å². The molecule has 4 aromatic rings. The number of hydrogen-bond donors (Lipinski definition) is 1. The number of ether oxygens (including phenoxy) is 2. The van der Waals surface area contributed by atoms with Gasteiger partial charge >= 0.3 is 0 Å². The Bertz CT molecular complexity index is 1400. The lowest BCUT2D eigenvalue weighted by molar-refractivity contribution is -0.683. The van der Waals surface area contributed by atoms with E-state index in [-0.39, 0.29) is 36.9 Å². The monoisotopic (exact) mass is 631 g/mol. The summed E-state index contributed by atoms with van der Waals surface area (Å²) in [5.74, 6) is 0.505. The number of rotatable bonds is 10. The first-order chi connectivity index (χ1) is 17.8. The van der Waals surface area contributed by atoms with Gasteiger partial charge in [-0.15, -0.1) is 0 Å². The highest BCUT2D eigenvalue weighted by molar-refractivity contribution is 6.35. The molecule has 0 aliphatic rings. The van der Waals surface area contributed by atoms with E-state index in [1.807, 2.05) is 47.6 Å². The molecule has 3 aromatic carbocycles. The molecule has 0 aliphatic heterocycles. The Morgan fingerprint density at radius 2 is 1.72 bits per heavy atom. The Morgan fingerprint density at radius 3 is 2.41 bits per heavy atom. The number of aromatic nitrogens is 2. The summed E-state index contributed by atoms with van der Waals surface area (Å²) < 4.78 is 15.2. The van der Waals surface area contributed by atoms with Crippen molar-refractivity contribution in [2.24, 2.45) is 0 Å². The number of imidazole rings is 1. The van der Waals surface area contributed by atoms with E-state index in [9.17, 15) is 4.79 Å². The molecule has 4 rings (SSSR count). The largest absolute Gasteiger partial charge is 1.00 e. The number of methoxy groups -OCH3 is 1. The van der Waals surface area contributed by atoms with Crippen LogP contribution in [0.15, 0.2) is 79.4 Å². The average molecular weight is 634 g/mol. The third-order valence-electron chi connectivity index (χ3n) is 5.57. The molecule has 39 heavy (non-hydrogen) atoms. The molecule has 0 spiro atoms. The van der Waals surface area contributed by atoms with Crippen molar-refractivity contribution in [3.8, 4) is 5.75 Å². The highest BCUT2D eigenvalue weighted by Gasteiger charge is 2.21. The van der Waals surface area contributed by atoms with Gasteiger partial charge in [-0.25, -0.2) is 9.13 Å². The van der Waals surface area contributed by atoms with Crippen LogP contribution in [0.3, 0.4) is 0 Å². The number of nitrogens with one attached hydrogen (secondary N) is 1. The Labute approximate surface area is 252 Å². The third-order valence-corrected chi connectivity index (χ3v) is 6.72. The molecule has 0 saturated carbocycles. The number of anilines is 1. The van der Waals surface area contributed by atoms with Crippen molar-refractivity contribution < 1.29 is 36.7 Å². The van der Waals surface area contributed by atoms with Gasteiger partial charge in [0.05, 0.1) is 13.7 Å². The summed E-state index contributed by atoms with van der Waals surface area (Å²) >= 11 is 25.0. The van der Waals surface area contributed by atoms with Crippen molar-refractivity contribution in [1.29, 1.82) is 0 Å². The van der Waals surface area contributed by atoms with E-state index in [1.54, 1.807) is 48.1 Å². The molecule has 0 bridgehead atoms. The van der Waals surface area contributed by atoms with Crippen molar-refractivity contribution in [3.05, 3.63) is 111 Å². The molecule has 0 aliphatic carbocycles. The van der Waals surface area contributed by atoms with Crippen molar-refractivity contribution in [2.45, 2.75) is 25.8 Å². The smallest absolute Gasteiger partial charge is 0.266 e. The van der Waals surface area contributed by atoms with Gasteiger partial charge in [-0.2, -0.15) is 0 Å². The fourth-order valence-electron chi connectivity index (χ4n) is 3.73. The molecule has 0 radical (unpaired) electrons. The average Bonchev–Trinajstić information content (AvgIpc) is 3.29. The molecule has 0 saturated heterocycles. The first-order valence-electron chi connectivity index (χ1n) is 11.3. The Balaban J connectivity index is 0.00000267. The molecular weight excluding hydrogens is 608 g/mol. The summed E-state index contributed by atoms with van der Waals surface area (Å²) in [6, 6.07) is 17.8. The number of benzene rings is 3. The lowest BCUT2D eigenvalue weighted by Gasteiger charge is -2.19. The van der Waals surface area contributed by atoms with Crippen LogP contribution in [-0.2, 0) is 29.2 Å². The van der Waals surface area contributed by atoms with Gasteiger partial charge in [0, 0.05) is 37.4 Å². The highest BCUT2D eigenvalue weighted by Crippen LogP contribution is 2.31. The topological polar surface area (TPSA) is 87.9 Å². The summed E-state index contributed by atoms with van der Waals surface area (Å²) in [6.07, 6.45) is 5.11. The van der Waals surface area contributed by atoms with E-state index in [0.717, 1.165) is 11.1 Å². The molecule has 1 unspecified atom stereocenters. The first-order valence-corrected chi connectivity index (χ1v) is 12.8. The Hall–Kier alpha value is -2.49. The molecule has 1 aromatic heterocycles. The quantitative estimate of drug-likeness (QED) is 0.272. The van der Waals surface area contributed by atoms with Crippen molar-refractivity contribution in [1.82, 2.24) is 4.57 Å². The minimum absolute atomic E-state index is 0. The fraction of sp³-hybridized carbons (Fsp3) is 0.185. The minimum Gasteiger partial charge on any atom is -1.00 e. The second-order valence-electron chi connectivity index (χ2n) is 8.26. The van der Waals surface area contributed by atoms with E-state index in [4.69, 9.17) is 55.9 Å². The van der Waals surface area contributed by atoms with E-state index in [2.05, 4.69) is 5.32 Å². The number of nitrogens with zero attached hydrogens (tertiary/aromatic N) is 2. The van der Waals surface area contributed by atoms with Gasteiger partial charge in [0.2, 0.25) is 6.33 Å². The lowest BCUT2D eigenvalue weighted by atomic mass is 10.1. The van der Waals surface area contributed by atoms with Gasteiger partial charge < -0.3 is 32.7 Å². The number of halogens is 5. The summed E-state index contributed by atoms with van der Waals surface area (Å²) in [5.41, 5.74) is 2.25. The lowest BCUT2D eigenvalue weighted by Crippen LogP contribution is -3.00. The standard InChI is InChI=1S/C27H23Cl4N3O3.ClH.H2O/c1-36-22-4-2-3-21(13-22)32-27(35)15-34-10-9-33(17-34)14-26(23-8-7-20(29)12-25(23)31)37-16-18-5-6-19(28)11-24(18)30;;/h2-13,17,26H,14-16H2,1H3;1H;1H2. The molecule has 208 valence electrons. The molecule has 0 fully saturated rings. The second kappa shape index (κ2) is 15.3. The molecule has 12 heteroatoms. The maximum Gasteiger partial charge on any atom is 0.266 e. The zero-order valence-corrected chi connectivity index (χ0v) is 24.5. The summed E-state index contributed by atoms with van der Waals surface area (Å²) in [5, 5.41) is 4.99. The molecule has 3 N–H and O–H groups in total. The number of carbonyl (C=O) groups excluding carboxylic acids is 1. The zero-order valence-electron chi connectivity index (χ0n) is 20.7. The van der Waals surface area contributed by atoms with E-state index >= 15 is 0 Å². The molecule has 1 amide bonds. The van der Waals surface area contributed by atoms with E-state index in [0.29, 0.717) is 38.1 Å². The summed E-state index contributed by atoms with van der Waals surface area (Å²) in [7, 11) is 1.58. The van der Waals surface area contributed by atoms with Crippen LogP contribution in [0.25, 0.3) is 0 Å². The van der Waals surface area contributed by atoms with Gasteiger partial charge in [0.1, 0.15) is 30.8 Å². The van der Waals surface area contributed by atoms with Crippen molar-refractivity contribution >= 4 is 58.0 Å². The fourth-order valence-corrected chi connectivity index (χ4v) is 4.72. The summed E-state index contributed by atoms with van der Waals surface area (Å²) in [4.78, 5) is 12.6. The SMILES string of the molecule is COc1cccc(NC(=O)C[n+]2ccn(CC(OCc3ccc(Cl)cc3Cl)c3ccc(Cl)cc3Cl)c2)c1.O.[Cl-]. The second-order valence-corrected chi connectivity index (χ2v) is 9.95. The molecule has 7 nitrogen and oxygen atoms in total. The third kappa shape index (κ3) is 9.29. The number of hydrogen-bond acceptors (Lipinski definition) is 3. The predicted octanol–water partition coefficient (Wildman–Crippen LogP) is 3.17. The van der Waals surface area contributed by atoms with Crippen LogP contribution in [0.5, 0.6) is 5.75 Å². The van der Waals surface area contributed by atoms with Crippen LogP contribution >= 0.6 is 46.4 Å². The number of carbonyl (C=O) groups is 1. The van der Waals surface area contributed by atoms with Gasteiger partial charge in [-0.05, 0) is 42.0 Å². The van der Waals surface area contributed by atoms with Gasteiger partial charge in [-0.3, -0.25) is 4.79 Å².